The molecule has 0 spiro atoms. The second-order valence-electron chi connectivity index (χ2n) is 9.80. The van der Waals surface area contributed by atoms with Crippen LogP contribution in [-0.2, 0) is 14.8 Å². The SMILES string of the molecule is COc1ccc(S(=O)(=O)N(COCC[Si](C)(C)C)c2ccccc2-c2ccc(F)cc2C(C)O)cc1. The van der Waals surface area contributed by atoms with Crippen molar-refractivity contribution in [2.24, 2.45) is 0 Å². The first-order chi connectivity index (χ1) is 16.9. The van der Waals surface area contributed by atoms with Crippen LogP contribution in [0.5, 0.6) is 5.75 Å². The summed E-state index contributed by atoms with van der Waals surface area (Å²) in [6.07, 6.45) is -0.955. The fourth-order valence-electron chi connectivity index (χ4n) is 3.71. The van der Waals surface area contributed by atoms with Gasteiger partial charge in [-0.25, -0.2) is 17.1 Å². The van der Waals surface area contributed by atoms with Crippen LogP contribution in [0.4, 0.5) is 10.1 Å². The summed E-state index contributed by atoms with van der Waals surface area (Å²) in [5.74, 6) is 0.0599. The van der Waals surface area contributed by atoms with Crippen molar-refractivity contribution in [1.82, 2.24) is 0 Å². The largest absolute Gasteiger partial charge is 0.497 e. The molecule has 1 atom stereocenters. The molecule has 3 rings (SSSR count). The zero-order valence-electron chi connectivity index (χ0n) is 21.4. The van der Waals surface area contributed by atoms with E-state index in [0.29, 0.717) is 34.7 Å². The van der Waals surface area contributed by atoms with E-state index in [-0.39, 0.29) is 11.6 Å². The third-order valence-corrected chi connectivity index (χ3v) is 9.23. The second-order valence-corrected chi connectivity index (χ2v) is 17.3. The number of aliphatic hydroxyl groups excluding tert-OH is 1. The summed E-state index contributed by atoms with van der Waals surface area (Å²) in [5.41, 5.74) is 1.82. The van der Waals surface area contributed by atoms with Gasteiger partial charge in [-0.15, -0.1) is 0 Å². The van der Waals surface area contributed by atoms with Crippen molar-refractivity contribution in [2.75, 3.05) is 24.8 Å². The highest BCUT2D eigenvalue weighted by Crippen LogP contribution is 2.38. The molecule has 0 heterocycles. The molecule has 3 aromatic rings. The van der Waals surface area contributed by atoms with E-state index < -0.39 is 30.0 Å². The lowest BCUT2D eigenvalue weighted by atomic mass is 9.95. The lowest BCUT2D eigenvalue weighted by molar-refractivity contribution is 0.156. The molecule has 0 aliphatic rings. The standard InChI is InChI=1S/C27H34FNO5SSi/c1-20(30)26-18-21(28)10-15-24(26)25-8-6-7-9-27(25)29(19-34-16-17-36(3,4)5)35(31,32)23-13-11-22(33-2)12-14-23/h6-15,18,20,30H,16-17,19H2,1-5H3. The molecule has 0 bridgehead atoms. The predicted molar refractivity (Wildman–Crippen MR) is 144 cm³/mol. The summed E-state index contributed by atoms with van der Waals surface area (Å²) in [7, 11) is -3.91. The molecule has 0 amide bonds. The average Bonchev–Trinajstić information content (AvgIpc) is 2.83. The highest BCUT2D eigenvalue weighted by atomic mass is 32.2. The Morgan fingerprint density at radius 1 is 1.00 bits per heavy atom. The molecule has 0 fully saturated rings. The number of para-hydroxylation sites is 1. The molecule has 6 nitrogen and oxygen atoms in total. The van der Waals surface area contributed by atoms with Gasteiger partial charge in [0.05, 0.1) is 23.8 Å². The monoisotopic (exact) mass is 531 g/mol. The van der Waals surface area contributed by atoms with Gasteiger partial charge in [-0.1, -0.05) is 43.9 Å². The van der Waals surface area contributed by atoms with E-state index in [4.69, 9.17) is 9.47 Å². The summed E-state index contributed by atoms with van der Waals surface area (Å²) in [6.45, 7) is 8.46. The molecule has 194 valence electrons. The third kappa shape index (κ3) is 6.73. The molecule has 36 heavy (non-hydrogen) atoms. The highest BCUT2D eigenvalue weighted by Gasteiger charge is 2.28. The van der Waals surface area contributed by atoms with Gasteiger partial charge in [0, 0.05) is 20.2 Å². The van der Waals surface area contributed by atoms with Gasteiger partial charge in [0.15, 0.2) is 0 Å². The number of anilines is 1. The zero-order valence-corrected chi connectivity index (χ0v) is 23.2. The van der Waals surface area contributed by atoms with E-state index in [1.165, 1.54) is 35.7 Å². The predicted octanol–water partition coefficient (Wildman–Crippen LogP) is 6.06. The van der Waals surface area contributed by atoms with Gasteiger partial charge in [0.1, 0.15) is 18.3 Å². The Morgan fingerprint density at radius 3 is 2.28 bits per heavy atom. The van der Waals surface area contributed by atoms with E-state index in [9.17, 15) is 17.9 Å². The van der Waals surface area contributed by atoms with Crippen LogP contribution >= 0.6 is 0 Å². The Morgan fingerprint density at radius 2 is 1.67 bits per heavy atom. The average molecular weight is 532 g/mol. The van der Waals surface area contributed by atoms with Crippen molar-refractivity contribution < 1.29 is 27.4 Å². The van der Waals surface area contributed by atoms with Crippen LogP contribution in [0.2, 0.25) is 25.7 Å². The van der Waals surface area contributed by atoms with Crippen LogP contribution < -0.4 is 9.04 Å². The summed E-state index contributed by atoms with van der Waals surface area (Å²) in [4.78, 5) is 0.0850. The van der Waals surface area contributed by atoms with Crippen LogP contribution in [0.25, 0.3) is 11.1 Å². The zero-order chi connectivity index (χ0) is 26.5. The summed E-state index contributed by atoms with van der Waals surface area (Å²) < 4.78 is 54.1. The number of nitrogens with zero attached hydrogens (tertiary/aromatic N) is 1. The Kier molecular flexibility index (Phi) is 8.94. The van der Waals surface area contributed by atoms with E-state index >= 15 is 0 Å². The Labute approximate surface area is 214 Å². The Balaban J connectivity index is 2.12. The lowest BCUT2D eigenvalue weighted by Crippen LogP contribution is -2.34. The van der Waals surface area contributed by atoms with Gasteiger partial charge >= 0.3 is 0 Å². The molecule has 0 saturated heterocycles. The number of aliphatic hydroxyl groups is 1. The number of ether oxygens (including phenoxy) is 2. The molecule has 0 aromatic heterocycles. The summed E-state index contributed by atoms with van der Waals surface area (Å²) in [6, 6.07) is 18.1. The van der Waals surface area contributed by atoms with Crippen molar-refractivity contribution in [1.29, 1.82) is 0 Å². The van der Waals surface area contributed by atoms with Crippen LogP contribution in [0, 0.1) is 5.82 Å². The molecular weight excluding hydrogens is 497 g/mol. The molecular formula is C27H34FNO5SSi. The second kappa shape index (κ2) is 11.6. The van der Waals surface area contributed by atoms with E-state index in [1.807, 2.05) is 0 Å². The van der Waals surface area contributed by atoms with Gasteiger partial charge < -0.3 is 14.6 Å². The molecule has 1 unspecified atom stereocenters. The minimum Gasteiger partial charge on any atom is -0.497 e. The number of rotatable bonds is 11. The van der Waals surface area contributed by atoms with E-state index in [2.05, 4.69) is 19.6 Å². The lowest BCUT2D eigenvalue weighted by Gasteiger charge is -2.28. The summed E-state index contributed by atoms with van der Waals surface area (Å²) >= 11 is 0. The maximum absolute atomic E-state index is 14.0. The van der Waals surface area contributed by atoms with Crippen molar-refractivity contribution in [2.45, 2.75) is 43.6 Å². The first-order valence-corrected chi connectivity index (χ1v) is 16.9. The minimum absolute atomic E-state index is 0.0850. The fraction of sp³-hybridized carbons (Fsp3) is 0.333. The number of sulfonamides is 1. The minimum atomic E-state index is -4.04. The van der Waals surface area contributed by atoms with Crippen LogP contribution in [0.15, 0.2) is 71.6 Å². The van der Waals surface area contributed by atoms with Crippen LogP contribution in [0.3, 0.4) is 0 Å². The first-order valence-electron chi connectivity index (χ1n) is 11.8. The van der Waals surface area contributed by atoms with Gasteiger partial charge in [-0.3, -0.25) is 0 Å². The fourth-order valence-corrected chi connectivity index (χ4v) is 5.84. The number of methoxy groups -OCH3 is 1. The highest BCUT2D eigenvalue weighted by molar-refractivity contribution is 7.92. The smallest absolute Gasteiger partial charge is 0.266 e. The Bertz CT molecular complexity index is 1270. The molecule has 0 radical (unpaired) electrons. The number of halogens is 1. The molecule has 3 aromatic carbocycles. The van der Waals surface area contributed by atoms with Crippen LogP contribution in [0.1, 0.15) is 18.6 Å². The molecule has 0 aliphatic heterocycles. The molecule has 0 aliphatic carbocycles. The number of hydrogen-bond donors (Lipinski definition) is 1. The maximum atomic E-state index is 14.0. The topological polar surface area (TPSA) is 76.1 Å². The first kappa shape index (κ1) is 27.9. The van der Waals surface area contributed by atoms with Gasteiger partial charge in [0.25, 0.3) is 10.0 Å². The normalized spacial score (nSPS) is 12.9. The van der Waals surface area contributed by atoms with Gasteiger partial charge in [-0.2, -0.15) is 0 Å². The van der Waals surface area contributed by atoms with Crippen molar-refractivity contribution in [3.63, 3.8) is 0 Å². The number of benzene rings is 3. The van der Waals surface area contributed by atoms with Gasteiger partial charge in [-0.05, 0) is 66.6 Å². The quantitative estimate of drug-likeness (QED) is 0.185. The molecule has 9 heteroatoms. The summed E-state index contributed by atoms with van der Waals surface area (Å²) in [5, 5.41) is 10.3. The van der Waals surface area contributed by atoms with E-state index in [1.54, 1.807) is 49.4 Å². The van der Waals surface area contributed by atoms with Crippen molar-refractivity contribution in [3.05, 3.63) is 78.1 Å². The number of hydrogen-bond acceptors (Lipinski definition) is 5. The Hall–Kier alpha value is -2.72. The van der Waals surface area contributed by atoms with Gasteiger partial charge in [0.2, 0.25) is 0 Å². The van der Waals surface area contributed by atoms with Crippen LogP contribution in [-0.4, -0.2) is 42.0 Å². The third-order valence-electron chi connectivity index (χ3n) is 5.78. The van der Waals surface area contributed by atoms with Crippen molar-refractivity contribution in [3.8, 4) is 16.9 Å². The maximum Gasteiger partial charge on any atom is 0.266 e. The molecule has 1 N–H and O–H groups in total. The van der Waals surface area contributed by atoms with E-state index in [0.717, 1.165) is 6.04 Å². The molecule has 0 saturated carbocycles. The van der Waals surface area contributed by atoms with Crippen molar-refractivity contribution >= 4 is 23.8 Å².